The number of nitrogens with zero attached hydrogens (tertiary/aromatic N) is 2. The molecule has 0 bridgehead atoms. The maximum absolute atomic E-state index is 12.8. The van der Waals surface area contributed by atoms with Gasteiger partial charge in [-0.05, 0) is 31.7 Å². The summed E-state index contributed by atoms with van der Waals surface area (Å²) in [5.74, 6) is 0.635. The predicted octanol–water partition coefficient (Wildman–Crippen LogP) is 3.99. The van der Waals surface area contributed by atoms with Crippen molar-refractivity contribution in [3.63, 3.8) is 0 Å². The molecule has 0 N–H and O–H groups in total. The van der Waals surface area contributed by atoms with E-state index in [-0.39, 0.29) is 11.9 Å². The number of anilines is 1. The summed E-state index contributed by atoms with van der Waals surface area (Å²) in [5.41, 5.74) is -0.287. The summed E-state index contributed by atoms with van der Waals surface area (Å²) >= 11 is 5.90. The first-order valence-corrected chi connectivity index (χ1v) is 8.02. The third kappa shape index (κ3) is 3.33. The van der Waals surface area contributed by atoms with Crippen LogP contribution in [0.4, 0.5) is 19.0 Å². The van der Waals surface area contributed by atoms with Gasteiger partial charge in [0.1, 0.15) is 5.82 Å². The Hall–Kier alpha value is -1.01. The molecule has 1 saturated carbocycles. The van der Waals surface area contributed by atoms with Gasteiger partial charge in [-0.2, -0.15) is 13.2 Å². The van der Waals surface area contributed by atoms with Crippen LogP contribution < -0.4 is 4.90 Å². The van der Waals surface area contributed by atoms with Crippen molar-refractivity contribution in [2.24, 2.45) is 0 Å². The first-order valence-electron chi connectivity index (χ1n) is 7.49. The molecular formula is C15H18ClF3N2O. The number of halogens is 4. The van der Waals surface area contributed by atoms with Crippen LogP contribution >= 0.6 is 11.6 Å². The SMILES string of the molecule is FC(F)(F)c1cnc(N(C2CCOCC2)C2CC2)c(CCl)c1. The molecule has 1 aliphatic heterocycles. The van der Waals surface area contributed by atoms with Crippen molar-refractivity contribution < 1.29 is 17.9 Å². The van der Waals surface area contributed by atoms with E-state index in [1.165, 1.54) is 0 Å². The van der Waals surface area contributed by atoms with E-state index in [0.29, 0.717) is 30.6 Å². The largest absolute Gasteiger partial charge is 0.417 e. The molecule has 0 amide bonds. The van der Waals surface area contributed by atoms with Crippen LogP contribution in [0, 0.1) is 0 Å². The van der Waals surface area contributed by atoms with E-state index in [1.54, 1.807) is 0 Å². The van der Waals surface area contributed by atoms with Gasteiger partial charge in [-0.3, -0.25) is 0 Å². The van der Waals surface area contributed by atoms with Crippen molar-refractivity contribution in [3.8, 4) is 0 Å². The molecule has 3 rings (SSSR count). The van der Waals surface area contributed by atoms with Gasteiger partial charge in [0, 0.05) is 37.1 Å². The van der Waals surface area contributed by atoms with Gasteiger partial charge in [0.25, 0.3) is 0 Å². The summed E-state index contributed by atoms with van der Waals surface area (Å²) in [7, 11) is 0. The number of hydrogen-bond acceptors (Lipinski definition) is 3. The molecule has 1 aliphatic carbocycles. The minimum atomic E-state index is -4.39. The second kappa shape index (κ2) is 6.24. The van der Waals surface area contributed by atoms with E-state index >= 15 is 0 Å². The van der Waals surface area contributed by atoms with Crippen LogP contribution in [0.3, 0.4) is 0 Å². The van der Waals surface area contributed by atoms with Crippen LogP contribution in [0.15, 0.2) is 12.3 Å². The monoisotopic (exact) mass is 334 g/mol. The van der Waals surface area contributed by atoms with Gasteiger partial charge in [-0.1, -0.05) is 0 Å². The van der Waals surface area contributed by atoms with Crippen LogP contribution in [-0.2, 0) is 16.8 Å². The molecular weight excluding hydrogens is 317 g/mol. The van der Waals surface area contributed by atoms with Crippen molar-refractivity contribution in [3.05, 3.63) is 23.4 Å². The zero-order valence-corrected chi connectivity index (χ0v) is 12.8. The summed E-state index contributed by atoms with van der Waals surface area (Å²) in [6.07, 6.45) is 0.390. The Labute approximate surface area is 132 Å². The van der Waals surface area contributed by atoms with E-state index < -0.39 is 11.7 Å². The summed E-state index contributed by atoms with van der Waals surface area (Å²) in [6, 6.07) is 1.77. The fourth-order valence-electron chi connectivity index (χ4n) is 2.95. The second-order valence-electron chi connectivity index (χ2n) is 5.82. The zero-order valence-electron chi connectivity index (χ0n) is 12.1. The van der Waals surface area contributed by atoms with Crippen molar-refractivity contribution in [2.45, 2.75) is 49.8 Å². The minimum absolute atomic E-state index is 0.0265. The smallest absolute Gasteiger partial charge is 0.381 e. The van der Waals surface area contributed by atoms with Gasteiger partial charge < -0.3 is 9.64 Å². The topological polar surface area (TPSA) is 25.4 Å². The van der Waals surface area contributed by atoms with Gasteiger partial charge in [0.05, 0.1) is 11.4 Å². The molecule has 0 radical (unpaired) electrons. The summed E-state index contributed by atoms with van der Waals surface area (Å²) in [5, 5.41) is 0. The van der Waals surface area contributed by atoms with E-state index in [1.807, 2.05) is 0 Å². The highest BCUT2D eigenvalue weighted by atomic mass is 35.5. The lowest BCUT2D eigenvalue weighted by Crippen LogP contribution is -2.42. The molecule has 3 nitrogen and oxygen atoms in total. The molecule has 1 aromatic rings. The maximum Gasteiger partial charge on any atom is 0.417 e. The molecule has 0 unspecified atom stereocenters. The molecule has 2 fully saturated rings. The summed E-state index contributed by atoms with van der Waals surface area (Å²) in [6.45, 7) is 1.37. The van der Waals surface area contributed by atoms with Crippen molar-refractivity contribution in [1.29, 1.82) is 0 Å². The Bertz CT molecular complexity index is 528. The maximum atomic E-state index is 12.8. The van der Waals surface area contributed by atoms with Gasteiger partial charge in [-0.25, -0.2) is 4.98 Å². The van der Waals surface area contributed by atoms with E-state index in [2.05, 4.69) is 9.88 Å². The Morgan fingerprint density at radius 2 is 1.82 bits per heavy atom. The number of alkyl halides is 4. The fourth-order valence-corrected chi connectivity index (χ4v) is 3.15. The van der Waals surface area contributed by atoms with Crippen LogP contribution in [0.1, 0.15) is 36.8 Å². The third-order valence-electron chi connectivity index (χ3n) is 4.18. The summed E-state index contributed by atoms with van der Waals surface area (Å²) in [4.78, 5) is 6.31. The van der Waals surface area contributed by atoms with Gasteiger partial charge in [-0.15, -0.1) is 11.6 Å². The van der Waals surface area contributed by atoms with Crippen LogP contribution in [0.25, 0.3) is 0 Å². The van der Waals surface area contributed by atoms with Gasteiger partial charge in [0.15, 0.2) is 0 Å². The first kappa shape index (κ1) is 15.9. The molecule has 1 saturated heterocycles. The van der Waals surface area contributed by atoms with Gasteiger partial charge in [0.2, 0.25) is 0 Å². The lowest BCUT2D eigenvalue weighted by molar-refractivity contribution is -0.137. The number of hydrogen-bond donors (Lipinski definition) is 0. The molecule has 2 aliphatic rings. The highest BCUT2D eigenvalue weighted by molar-refractivity contribution is 6.17. The van der Waals surface area contributed by atoms with E-state index in [4.69, 9.17) is 16.3 Å². The van der Waals surface area contributed by atoms with Crippen LogP contribution in [0.2, 0.25) is 0 Å². The van der Waals surface area contributed by atoms with Crippen molar-refractivity contribution in [1.82, 2.24) is 4.98 Å². The lowest BCUT2D eigenvalue weighted by Gasteiger charge is -2.36. The molecule has 0 aromatic carbocycles. The number of aromatic nitrogens is 1. The molecule has 0 atom stereocenters. The van der Waals surface area contributed by atoms with Crippen molar-refractivity contribution in [2.75, 3.05) is 18.1 Å². The van der Waals surface area contributed by atoms with E-state index in [9.17, 15) is 13.2 Å². The molecule has 2 heterocycles. The van der Waals surface area contributed by atoms with Gasteiger partial charge >= 0.3 is 6.18 Å². The number of ether oxygens (including phenoxy) is 1. The highest BCUT2D eigenvalue weighted by Gasteiger charge is 2.38. The average Bonchev–Trinajstić information content (AvgIpc) is 3.32. The zero-order chi connectivity index (χ0) is 15.7. The Morgan fingerprint density at radius 3 is 2.36 bits per heavy atom. The van der Waals surface area contributed by atoms with Crippen molar-refractivity contribution >= 4 is 17.4 Å². The molecule has 22 heavy (non-hydrogen) atoms. The van der Waals surface area contributed by atoms with E-state index in [0.717, 1.165) is 37.9 Å². The molecule has 1 aromatic heterocycles. The molecule has 122 valence electrons. The third-order valence-corrected chi connectivity index (χ3v) is 4.47. The highest BCUT2D eigenvalue weighted by Crippen LogP contribution is 2.38. The minimum Gasteiger partial charge on any atom is -0.381 e. The molecule has 0 spiro atoms. The normalized spacial score (nSPS) is 20.2. The average molecular weight is 335 g/mol. The first-order chi connectivity index (χ1) is 10.5. The number of rotatable bonds is 4. The lowest BCUT2D eigenvalue weighted by atomic mass is 10.1. The Kier molecular flexibility index (Phi) is 4.50. The quantitative estimate of drug-likeness (QED) is 0.779. The van der Waals surface area contributed by atoms with Crippen LogP contribution in [-0.4, -0.2) is 30.3 Å². The standard InChI is InChI=1S/C15H18ClF3N2O/c16-8-10-7-11(15(17,18)19)9-20-14(10)21(12-1-2-12)13-3-5-22-6-4-13/h7,9,12-13H,1-6,8H2. The Morgan fingerprint density at radius 1 is 1.18 bits per heavy atom. The number of pyridine rings is 1. The predicted molar refractivity (Wildman–Crippen MR) is 78.1 cm³/mol. The molecule has 7 heteroatoms. The van der Waals surface area contributed by atoms with Crippen LogP contribution in [0.5, 0.6) is 0 Å². The summed E-state index contributed by atoms with van der Waals surface area (Å²) < 4.78 is 43.9. The second-order valence-corrected chi connectivity index (χ2v) is 6.09. The Balaban J connectivity index is 1.93. The fraction of sp³-hybridized carbons (Fsp3) is 0.667.